The number of halogens is 3. The summed E-state index contributed by atoms with van der Waals surface area (Å²) in [7, 11) is 0. The SMILES string of the molecule is Cc1cc(Br)c(C(N)=O)c(C(F)F)n1. The van der Waals surface area contributed by atoms with Crippen molar-refractivity contribution >= 4 is 21.8 Å². The van der Waals surface area contributed by atoms with Crippen LogP contribution in [0.2, 0.25) is 0 Å². The fourth-order valence-corrected chi connectivity index (χ4v) is 1.79. The predicted molar refractivity (Wildman–Crippen MR) is 50.1 cm³/mol. The number of carbonyl (C=O) groups excluding carboxylic acids is 1. The summed E-state index contributed by atoms with van der Waals surface area (Å²) in [6, 6.07) is 1.46. The monoisotopic (exact) mass is 264 g/mol. The molecule has 0 fully saturated rings. The molecule has 0 unspecified atom stereocenters. The summed E-state index contributed by atoms with van der Waals surface area (Å²) in [4.78, 5) is 14.5. The van der Waals surface area contributed by atoms with E-state index in [4.69, 9.17) is 5.73 Å². The molecule has 0 saturated carbocycles. The van der Waals surface area contributed by atoms with Crippen LogP contribution in [0.15, 0.2) is 10.5 Å². The largest absolute Gasteiger partial charge is 0.366 e. The van der Waals surface area contributed by atoms with E-state index in [1.165, 1.54) is 6.07 Å². The van der Waals surface area contributed by atoms with E-state index in [9.17, 15) is 13.6 Å². The smallest absolute Gasteiger partial charge is 0.281 e. The summed E-state index contributed by atoms with van der Waals surface area (Å²) in [5, 5.41) is 0. The second kappa shape index (κ2) is 4.00. The maximum atomic E-state index is 12.5. The maximum Gasteiger partial charge on any atom is 0.281 e. The number of aromatic nitrogens is 1. The van der Waals surface area contributed by atoms with Gasteiger partial charge in [0.2, 0.25) is 0 Å². The molecule has 2 N–H and O–H groups in total. The Morgan fingerprint density at radius 3 is 2.64 bits per heavy atom. The van der Waals surface area contributed by atoms with Crippen molar-refractivity contribution in [2.45, 2.75) is 13.3 Å². The van der Waals surface area contributed by atoms with Crippen LogP contribution < -0.4 is 5.73 Å². The van der Waals surface area contributed by atoms with Gasteiger partial charge in [0.15, 0.2) is 0 Å². The van der Waals surface area contributed by atoms with Gasteiger partial charge in [0, 0.05) is 10.2 Å². The van der Waals surface area contributed by atoms with Crippen LogP contribution in [0, 0.1) is 6.92 Å². The number of primary amides is 1. The normalized spacial score (nSPS) is 10.6. The first-order valence-electron chi connectivity index (χ1n) is 3.68. The minimum Gasteiger partial charge on any atom is -0.366 e. The highest BCUT2D eigenvalue weighted by atomic mass is 79.9. The van der Waals surface area contributed by atoms with Crippen LogP contribution in [0.25, 0.3) is 0 Å². The number of alkyl halides is 2. The quantitative estimate of drug-likeness (QED) is 0.891. The molecule has 0 aliphatic heterocycles. The zero-order valence-electron chi connectivity index (χ0n) is 7.22. The molecule has 6 heteroatoms. The van der Waals surface area contributed by atoms with Crippen molar-refractivity contribution in [2.24, 2.45) is 5.73 Å². The lowest BCUT2D eigenvalue weighted by molar-refractivity contribution is 0.0982. The molecule has 0 bridgehead atoms. The molecule has 14 heavy (non-hydrogen) atoms. The molecule has 76 valence electrons. The fraction of sp³-hybridized carbons (Fsp3) is 0.250. The van der Waals surface area contributed by atoms with Crippen molar-refractivity contribution in [3.8, 4) is 0 Å². The molecule has 0 aliphatic rings. The van der Waals surface area contributed by atoms with Gasteiger partial charge in [-0.1, -0.05) is 0 Å². The van der Waals surface area contributed by atoms with E-state index in [0.717, 1.165) is 0 Å². The minimum absolute atomic E-state index is 0.243. The van der Waals surface area contributed by atoms with E-state index in [0.29, 0.717) is 5.69 Å². The molecular weight excluding hydrogens is 258 g/mol. The van der Waals surface area contributed by atoms with Gasteiger partial charge in [-0.2, -0.15) is 0 Å². The Hall–Kier alpha value is -1.04. The van der Waals surface area contributed by atoms with Crippen molar-refractivity contribution in [1.82, 2.24) is 4.98 Å². The number of rotatable bonds is 2. The van der Waals surface area contributed by atoms with Crippen LogP contribution in [-0.4, -0.2) is 10.9 Å². The zero-order chi connectivity index (χ0) is 10.9. The number of nitrogens with two attached hydrogens (primary N) is 1. The van der Waals surface area contributed by atoms with E-state index in [2.05, 4.69) is 20.9 Å². The first-order chi connectivity index (χ1) is 6.43. The number of carbonyl (C=O) groups is 1. The Labute approximate surface area is 87.4 Å². The zero-order valence-corrected chi connectivity index (χ0v) is 8.81. The molecule has 0 aromatic carbocycles. The van der Waals surface area contributed by atoms with Gasteiger partial charge >= 0.3 is 0 Å². The van der Waals surface area contributed by atoms with Gasteiger partial charge < -0.3 is 5.73 Å². The third-order valence-corrected chi connectivity index (χ3v) is 2.21. The summed E-state index contributed by atoms with van der Waals surface area (Å²) in [6.07, 6.45) is -2.81. The van der Waals surface area contributed by atoms with Crippen LogP contribution >= 0.6 is 15.9 Å². The Balaban J connectivity index is 3.44. The van der Waals surface area contributed by atoms with Crippen molar-refractivity contribution in [3.05, 3.63) is 27.5 Å². The summed E-state index contributed by atoms with van der Waals surface area (Å²) < 4.78 is 25.2. The molecule has 0 atom stereocenters. The molecule has 3 nitrogen and oxygen atoms in total. The van der Waals surface area contributed by atoms with E-state index >= 15 is 0 Å². The predicted octanol–water partition coefficient (Wildman–Crippen LogP) is 2.19. The Morgan fingerprint density at radius 2 is 2.21 bits per heavy atom. The van der Waals surface area contributed by atoms with E-state index < -0.39 is 18.0 Å². The summed E-state index contributed by atoms with van der Waals surface area (Å²) in [5.74, 6) is -0.917. The first kappa shape index (κ1) is 11.0. The average Bonchev–Trinajstić information content (AvgIpc) is 2.01. The molecule has 1 amide bonds. The number of nitrogens with zero attached hydrogens (tertiary/aromatic N) is 1. The second-order valence-electron chi connectivity index (χ2n) is 2.67. The van der Waals surface area contributed by atoms with E-state index in [1.807, 2.05) is 0 Å². The highest BCUT2D eigenvalue weighted by Gasteiger charge is 2.21. The third-order valence-electron chi connectivity index (χ3n) is 1.58. The number of hydrogen-bond donors (Lipinski definition) is 1. The van der Waals surface area contributed by atoms with Gasteiger partial charge in [-0.25, -0.2) is 8.78 Å². The molecule has 1 aromatic rings. The highest BCUT2D eigenvalue weighted by molar-refractivity contribution is 9.10. The molecule has 1 aromatic heterocycles. The number of amides is 1. The van der Waals surface area contributed by atoms with Crippen molar-refractivity contribution in [2.75, 3.05) is 0 Å². The molecular formula is C8H7BrF2N2O. The van der Waals surface area contributed by atoms with Gasteiger partial charge in [0.1, 0.15) is 5.69 Å². The fourth-order valence-electron chi connectivity index (χ4n) is 1.06. The lowest BCUT2D eigenvalue weighted by Gasteiger charge is -2.07. The minimum atomic E-state index is -2.81. The summed E-state index contributed by atoms with van der Waals surface area (Å²) in [6.45, 7) is 1.56. The Morgan fingerprint density at radius 1 is 1.64 bits per heavy atom. The van der Waals surface area contributed by atoms with Gasteiger partial charge in [-0.15, -0.1) is 0 Å². The number of aryl methyl sites for hydroxylation is 1. The molecule has 0 saturated heterocycles. The van der Waals surface area contributed by atoms with Gasteiger partial charge in [0.05, 0.1) is 5.56 Å². The van der Waals surface area contributed by atoms with E-state index in [-0.39, 0.29) is 10.0 Å². The standard InChI is InChI=1S/C8H7BrF2N2O/c1-3-2-4(9)5(8(12)14)6(13-3)7(10)11/h2,7H,1H3,(H2,12,14). The first-order valence-corrected chi connectivity index (χ1v) is 4.47. The molecule has 0 spiro atoms. The van der Waals surface area contributed by atoms with Gasteiger partial charge in [-0.3, -0.25) is 9.78 Å². The topological polar surface area (TPSA) is 56.0 Å². The van der Waals surface area contributed by atoms with Crippen LogP contribution in [0.3, 0.4) is 0 Å². The Kier molecular flexibility index (Phi) is 3.15. The second-order valence-corrected chi connectivity index (χ2v) is 3.52. The molecule has 0 aliphatic carbocycles. The lowest BCUT2D eigenvalue weighted by Crippen LogP contribution is -2.16. The summed E-state index contributed by atoms with van der Waals surface area (Å²) >= 11 is 2.99. The lowest BCUT2D eigenvalue weighted by atomic mass is 10.1. The maximum absolute atomic E-state index is 12.5. The van der Waals surface area contributed by atoms with Crippen molar-refractivity contribution in [1.29, 1.82) is 0 Å². The molecule has 1 rings (SSSR count). The van der Waals surface area contributed by atoms with Crippen LogP contribution in [0.1, 0.15) is 28.2 Å². The van der Waals surface area contributed by atoms with Crippen molar-refractivity contribution < 1.29 is 13.6 Å². The van der Waals surface area contributed by atoms with Gasteiger partial charge in [0.25, 0.3) is 12.3 Å². The van der Waals surface area contributed by atoms with E-state index in [1.54, 1.807) is 6.92 Å². The highest BCUT2D eigenvalue weighted by Crippen LogP contribution is 2.27. The Bertz CT molecular complexity index is 382. The van der Waals surface area contributed by atoms with Crippen LogP contribution in [-0.2, 0) is 0 Å². The van der Waals surface area contributed by atoms with Gasteiger partial charge in [-0.05, 0) is 28.9 Å². The van der Waals surface area contributed by atoms with Crippen LogP contribution in [0.4, 0.5) is 8.78 Å². The molecule has 0 radical (unpaired) electrons. The molecule has 1 heterocycles. The van der Waals surface area contributed by atoms with Crippen LogP contribution in [0.5, 0.6) is 0 Å². The number of pyridine rings is 1. The third kappa shape index (κ3) is 2.06. The average molecular weight is 265 g/mol. The number of hydrogen-bond acceptors (Lipinski definition) is 2. The van der Waals surface area contributed by atoms with Crippen molar-refractivity contribution in [3.63, 3.8) is 0 Å². The summed E-state index contributed by atoms with van der Waals surface area (Å²) in [5.41, 5.74) is 4.52.